The van der Waals surface area contributed by atoms with E-state index in [4.69, 9.17) is 4.74 Å². The molecule has 0 aliphatic carbocycles. The maximum absolute atomic E-state index is 11.6. The minimum atomic E-state index is -0.475. The Balaban J connectivity index is 0.00000676. The molecule has 0 radical (unpaired) electrons. The number of ether oxygens (including phenoxy) is 1. The van der Waals surface area contributed by atoms with E-state index in [0.717, 1.165) is 37.6 Å². The molecule has 0 aromatic carbocycles. The number of aromatic nitrogens is 1. The maximum atomic E-state index is 11.6. The largest absolute Gasteiger partial charge is 0.444 e. The number of aryl methyl sites for hydroxylation is 1. The van der Waals surface area contributed by atoms with Gasteiger partial charge in [-0.15, -0.1) is 24.0 Å². The average molecular weight is 491 g/mol. The van der Waals surface area contributed by atoms with Crippen molar-refractivity contribution in [2.75, 3.05) is 26.2 Å². The van der Waals surface area contributed by atoms with Crippen LogP contribution in [0.4, 0.5) is 4.79 Å². The van der Waals surface area contributed by atoms with Gasteiger partial charge in [0.2, 0.25) is 0 Å². The number of nitrogens with one attached hydrogen (secondary N) is 3. The van der Waals surface area contributed by atoms with Crippen molar-refractivity contribution in [3.8, 4) is 0 Å². The summed E-state index contributed by atoms with van der Waals surface area (Å²) in [5, 5.41) is 9.27. The molecule has 1 heterocycles. The monoisotopic (exact) mass is 491 g/mol. The molecule has 0 saturated carbocycles. The molecule has 0 aliphatic heterocycles. The van der Waals surface area contributed by atoms with Crippen LogP contribution in [0.5, 0.6) is 0 Å². The summed E-state index contributed by atoms with van der Waals surface area (Å²) in [5.74, 6) is 0.782. The summed E-state index contributed by atoms with van der Waals surface area (Å²) in [6.45, 7) is 12.3. The molecular weight excluding hydrogens is 457 g/mol. The van der Waals surface area contributed by atoms with Gasteiger partial charge in [-0.2, -0.15) is 0 Å². The van der Waals surface area contributed by atoms with E-state index < -0.39 is 11.7 Å². The van der Waals surface area contributed by atoms with E-state index in [2.05, 4.69) is 32.0 Å². The van der Waals surface area contributed by atoms with Crippen LogP contribution in [0.25, 0.3) is 0 Å². The lowest BCUT2D eigenvalue weighted by Gasteiger charge is -2.19. The third-order valence-corrected chi connectivity index (χ3v) is 3.30. The lowest BCUT2D eigenvalue weighted by molar-refractivity contribution is 0.0527. The van der Waals surface area contributed by atoms with Crippen molar-refractivity contribution >= 4 is 36.0 Å². The number of pyridine rings is 1. The van der Waals surface area contributed by atoms with Gasteiger partial charge in [0.05, 0.1) is 0 Å². The normalized spacial score (nSPS) is 11.4. The lowest BCUT2D eigenvalue weighted by atomic mass is 10.2. The molecule has 0 aliphatic rings. The van der Waals surface area contributed by atoms with E-state index in [0.29, 0.717) is 13.1 Å². The fourth-order valence-electron chi connectivity index (χ4n) is 2.09. The topological polar surface area (TPSA) is 87.6 Å². The molecule has 0 saturated heterocycles. The molecule has 1 aromatic rings. The van der Waals surface area contributed by atoms with Crippen LogP contribution in [0.15, 0.2) is 23.3 Å². The number of aliphatic imine (C=N–C) groups is 1. The molecule has 3 N–H and O–H groups in total. The van der Waals surface area contributed by atoms with E-state index >= 15 is 0 Å². The zero-order valence-corrected chi connectivity index (χ0v) is 19.4. The van der Waals surface area contributed by atoms with Crippen molar-refractivity contribution in [1.82, 2.24) is 20.9 Å². The molecule has 0 atom stereocenters. The van der Waals surface area contributed by atoms with E-state index in [1.165, 1.54) is 5.56 Å². The van der Waals surface area contributed by atoms with Crippen molar-refractivity contribution in [2.45, 2.75) is 53.1 Å². The molecule has 0 fully saturated rings. The smallest absolute Gasteiger partial charge is 0.407 e. The molecular formula is C19H34IN5O2. The zero-order valence-electron chi connectivity index (χ0n) is 17.1. The minimum absolute atomic E-state index is 0. The van der Waals surface area contributed by atoms with Gasteiger partial charge >= 0.3 is 6.09 Å². The predicted octanol–water partition coefficient (Wildman–Crippen LogP) is 3.02. The van der Waals surface area contributed by atoms with Crippen molar-refractivity contribution in [2.24, 2.45) is 4.99 Å². The van der Waals surface area contributed by atoms with E-state index in [1.54, 1.807) is 0 Å². The number of hydrogen-bond donors (Lipinski definition) is 3. The number of guanidine groups is 1. The van der Waals surface area contributed by atoms with Gasteiger partial charge in [-0.1, -0.05) is 6.07 Å². The molecule has 1 rings (SSSR count). The number of nitrogens with zero attached hydrogens (tertiary/aromatic N) is 2. The van der Waals surface area contributed by atoms with Crippen molar-refractivity contribution in [1.29, 1.82) is 0 Å². The standard InChI is InChI=1S/C19H33N5O2.HI/c1-6-20-17(22-13-10-16-9-8-15(2)24-14-16)21-11-7-12-23-18(25)26-19(3,4)5;/h8-9,14H,6-7,10-13H2,1-5H3,(H,23,25)(H2,20,21,22);1H. The van der Waals surface area contributed by atoms with E-state index in [1.807, 2.05) is 46.9 Å². The quantitative estimate of drug-likeness (QED) is 0.225. The molecule has 27 heavy (non-hydrogen) atoms. The molecule has 1 amide bonds. The highest BCUT2D eigenvalue weighted by Crippen LogP contribution is 2.06. The summed E-state index contributed by atoms with van der Waals surface area (Å²) in [7, 11) is 0. The summed E-state index contributed by atoms with van der Waals surface area (Å²) in [5.41, 5.74) is 1.74. The summed E-state index contributed by atoms with van der Waals surface area (Å²) in [4.78, 5) is 20.4. The molecule has 0 bridgehead atoms. The molecule has 1 aromatic heterocycles. The summed E-state index contributed by atoms with van der Waals surface area (Å²) < 4.78 is 5.19. The fourth-order valence-corrected chi connectivity index (χ4v) is 2.09. The zero-order chi connectivity index (χ0) is 19.4. The van der Waals surface area contributed by atoms with E-state index in [-0.39, 0.29) is 24.0 Å². The van der Waals surface area contributed by atoms with Gasteiger partial charge in [0.15, 0.2) is 5.96 Å². The number of alkyl carbamates (subject to hydrolysis) is 1. The van der Waals surface area contributed by atoms with Gasteiger partial charge in [0.25, 0.3) is 0 Å². The third-order valence-electron chi connectivity index (χ3n) is 3.30. The Kier molecular flexibility index (Phi) is 12.8. The SMILES string of the molecule is CCNC(=NCCCNC(=O)OC(C)(C)C)NCCc1ccc(C)nc1.I. The van der Waals surface area contributed by atoms with Crippen LogP contribution in [0, 0.1) is 6.92 Å². The van der Waals surface area contributed by atoms with Gasteiger partial charge in [-0.25, -0.2) is 4.79 Å². The lowest BCUT2D eigenvalue weighted by Crippen LogP contribution is -2.38. The van der Waals surface area contributed by atoms with Crippen LogP contribution in [-0.4, -0.2) is 48.8 Å². The first-order valence-corrected chi connectivity index (χ1v) is 9.20. The Bertz CT molecular complexity index is 570. The molecule has 154 valence electrons. The number of rotatable bonds is 8. The highest BCUT2D eigenvalue weighted by molar-refractivity contribution is 14.0. The Morgan fingerprint density at radius 2 is 1.93 bits per heavy atom. The highest BCUT2D eigenvalue weighted by atomic mass is 127. The molecule has 8 heteroatoms. The maximum Gasteiger partial charge on any atom is 0.407 e. The van der Waals surface area contributed by atoms with Crippen molar-refractivity contribution < 1.29 is 9.53 Å². The van der Waals surface area contributed by atoms with Gasteiger partial charge in [0, 0.05) is 38.1 Å². The highest BCUT2D eigenvalue weighted by Gasteiger charge is 2.15. The van der Waals surface area contributed by atoms with E-state index in [9.17, 15) is 4.79 Å². The van der Waals surface area contributed by atoms with Crippen LogP contribution in [0.1, 0.15) is 45.4 Å². The average Bonchev–Trinajstić information content (AvgIpc) is 2.54. The second kappa shape index (κ2) is 13.6. The van der Waals surface area contributed by atoms with Crippen LogP contribution in [0.3, 0.4) is 0 Å². The first-order chi connectivity index (χ1) is 12.3. The predicted molar refractivity (Wildman–Crippen MR) is 121 cm³/mol. The third kappa shape index (κ3) is 13.3. The Morgan fingerprint density at radius 1 is 1.19 bits per heavy atom. The van der Waals surface area contributed by atoms with Crippen LogP contribution in [-0.2, 0) is 11.2 Å². The number of amides is 1. The molecule has 0 unspecified atom stereocenters. The molecule has 7 nitrogen and oxygen atoms in total. The second-order valence-electron chi connectivity index (χ2n) is 7.03. The molecule has 0 spiro atoms. The van der Waals surface area contributed by atoms with Gasteiger partial charge in [0.1, 0.15) is 5.60 Å². The van der Waals surface area contributed by atoms with Gasteiger partial charge in [-0.05, 0) is 59.1 Å². The van der Waals surface area contributed by atoms with Gasteiger partial charge in [-0.3, -0.25) is 9.98 Å². The Morgan fingerprint density at radius 3 is 2.52 bits per heavy atom. The van der Waals surface area contributed by atoms with Crippen LogP contribution in [0.2, 0.25) is 0 Å². The minimum Gasteiger partial charge on any atom is -0.444 e. The fraction of sp³-hybridized carbons (Fsp3) is 0.632. The number of carbonyl (C=O) groups is 1. The summed E-state index contributed by atoms with van der Waals surface area (Å²) in [6.07, 6.45) is 3.15. The van der Waals surface area contributed by atoms with Crippen LogP contribution < -0.4 is 16.0 Å². The Labute approximate surface area is 180 Å². The number of halogens is 1. The van der Waals surface area contributed by atoms with Gasteiger partial charge < -0.3 is 20.7 Å². The first-order valence-electron chi connectivity index (χ1n) is 9.20. The Hall–Kier alpha value is -1.58. The number of carbonyl (C=O) groups excluding carboxylic acids is 1. The van der Waals surface area contributed by atoms with Crippen molar-refractivity contribution in [3.63, 3.8) is 0 Å². The number of hydrogen-bond acceptors (Lipinski definition) is 4. The summed E-state index contributed by atoms with van der Waals surface area (Å²) in [6, 6.07) is 4.11. The summed E-state index contributed by atoms with van der Waals surface area (Å²) >= 11 is 0. The van der Waals surface area contributed by atoms with Crippen LogP contribution >= 0.6 is 24.0 Å². The first kappa shape index (κ1) is 25.4. The second-order valence-corrected chi connectivity index (χ2v) is 7.03. The van der Waals surface area contributed by atoms with Crippen molar-refractivity contribution in [3.05, 3.63) is 29.6 Å².